The summed E-state index contributed by atoms with van der Waals surface area (Å²) in [6, 6.07) is 16.3. The van der Waals surface area contributed by atoms with Gasteiger partial charge in [0.25, 0.3) is 0 Å². The Balaban J connectivity index is 1.10. The average molecular weight is 448 g/mol. The quantitative estimate of drug-likeness (QED) is 0.687. The number of benzene rings is 1. The summed E-state index contributed by atoms with van der Waals surface area (Å²) in [7, 11) is 0. The van der Waals surface area contributed by atoms with Crippen molar-refractivity contribution in [2.75, 3.05) is 18.0 Å². The third-order valence-electron chi connectivity index (χ3n) is 7.62. The molecule has 1 aromatic carbocycles. The van der Waals surface area contributed by atoms with Crippen LogP contribution in [0.3, 0.4) is 0 Å². The van der Waals surface area contributed by atoms with Gasteiger partial charge in [-0.2, -0.15) is 0 Å². The Bertz CT molecular complexity index is 898. The van der Waals surface area contributed by atoms with Gasteiger partial charge in [0.2, 0.25) is 0 Å². The van der Waals surface area contributed by atoms with Crippen molar-refractivity contribution in [2.45, 2.75) is 82.6 Å². The van der Waals surface area contributed by atoms with Crippen LogP contribution in [0.2, 0.25) is 0 Å². The highest BCUT2D eigenvalue weighted by molar-refractivity contribution is 5.74. The molecule has 5 rings (SSSR count). The van der Waals surface area contributed by atoms with E-state index >= 15 is 0 Å². The zero-order valence-corrected chi connectivity index (χ0v) is 19.6. The molecule has 3 aliphatic rings. The molecule has 0 radical (unpaired) electrons. The molecule has 1 aromatic heterocycles. The van der Waals surface area contributed by atoms with Crippen LogP contribution in [0, 0.1) is 0 Å². The largest absolute Gasteiger partial charge is 0.357 e. The number of fused-ring (bicyclic) bond motifs is 2. The lowest BCUT2D eigenvalue weighted by Gasteiger charge is -2.39. The van der Waals surface area contributed by atoms with Crippen molar-refractivity contribution in [3.63, 3.8) is 0 Å². The van der Waals surface area contributed by atoms with Gasteiger partial charge in [0.15, 0.2) is 0 Å². The van der Waals surface area contributed by atoms with E-state index in [1.165, 1.54) is 44.1 Å². The molecule has 2 atom stereocenters. The van der Waals surface area contributed by atoms with Crippen LogP contribution < -0.4 is 15.5 Å². The highest BCUT2D eigenvalue weighted by atomic mass is 16.2. The molecule has 3 saturated heterocycles. The summed E-state index contributed by atoms with van der Waals surface area (Å²) in [6.07, 6.45) is 11.5. The lowest BCUT2D eigenvalue weighted by molar-refractivity contribution is 0.111. The normalized spacial score (nSPS) is 25.5. The fraction of sp³-hybridized carbons (Fsp3) is 0.556. The molecular formula is C27H37N5O. The van der Waals surface area contributed by atoms with Gasteiger partial charge in [-0.1, -0.05) is 43.2 Å². The maximum absolute atomic E-state index is 12.7. The second kappa shape index (κ2) is 10.6. The fourth-order valence-electron chi connectivity index (χ4n) is 5.91. The zero-order chi connectivity index (χ0) is 22.5. The maximum atomic E-state index is 12.7. The lowest BCUT2D eigenvalue weighted by Crippen LogP contribution is -2.51. The molecular weight excluding hydrogens is 410 g/mol. The zero-order valence-electron chi connectivity index (χ0n) is 19.6. The number of hydrogen-bond acceptors (Lipinski definition) is 4. The summed E-state index contributed by atoms with van der Waals surface area (Å²) in [4.78, 5) is 22.3. The SMILES string of the molecule is O=C(NCc1ccnc(N2CCCCCC2)c1)NC1CC2CCC(C1)N2Cc1ccccc1. The highest BCUT2D eigenvalue weighted by Crippen LogP contribution is 2.36. The Morgan fingerprint density at radius 2 is 1.67 bits per heavy atom. The molecule has 0 aliphatic carbocycles. The first-order valence-corrected chi connectivity index (χ1v) is 12.8. The van der Waals surface area contributed by atoms with E-state index in [0.29, 0.717) is 18.6 Å². The number of carbonyl (C=O) groups is 1. The van der Waals surface area contributed by atoms with Crippen molar-refractivity contribution in [1.82, 2.24) is 20.5 Å². The Morgan fingerprint density at radius 1 is 0.939 bits per heavy atom. The van der Waals surface area contributed by atoms with Crippen LogP contribution in [-0.4, -0.2) is 47.1 Å². The number of nitrogens with one attached hydrogen (secondary N) is 2. The standard InChI is InChI=1S/C27H37N5O/c33-27(29-19-22-12-13-28-26(16-22)31-14-6-1-2-7-15-31)30-23-17-24-10-11-25(18-23)32(24)20-21-8-4-3-5-9-21/h3-5,8-9,12-13,16,23-25H,1-2,6-7,10-11,14-15,17-20H2,(H2,29,30,33). The second-order valence-corrected chi connectivity index (χ2v) is 9.96. The molecule has 33 heavy (non-hydrogen) atoms. The van der Waals surface area contributed by atoms with Gasteiger partial charge in [-0.15, -0.1) is 0 Å². The first kappa shape index (κ1) is 22.2. The van der Waals surface area contributed by atoms with E-state index in [1.54, 1.807) is 0 Å². The third-order valence-corrected chi connectivity index (χ3v) is 7.62. The van der Waals surface area contributed by atoms with Crippen LogP contribution >= 0.6 is 0 Å². The van der Waals surface area contributed by atoms with Gasteiger partial charge in [-0.25, -0.2) is 9.78 Å². The van der Waals surface area contributed by atoms with Gasteiger partial charge in [0, 0.05) is 50.5 Å². The molecule has 2 N–H and O–H groups in total. The molecule has 6 nitrogen and oxygen atoms in total. The molecule has 0 spiro atoms. The van der Waals surface area contributed by atoms with Crippen LogP contribution in [0.5, 0.6) is 0 Å². The van der Waals surface area contributed by atoms with Gasteiger partial charge >= 0.3 is 6.03 Å². The molecule has 176 valence electrons. The molecule has 2 bridgehead atoms. The van der Waals surface area contributed by atoms with Crippen LogP contribution in [0.15, 0.2) is 48.7 Å². The summed E-state index contributed by atoms with van der Waals surface area (Å²) in [6.45, 7) is 3.72. The molecule has 2 aromatic rings. The Hall–Kier alpha value is -2.60. The second-order valence-electron chi connectivity index (χ2n) is 9.96. The maximum Gasteiger partial charge on any atom is 0.315 e. The number of rotatable bonds is 6. The number of piperidine rings is 1. The molecule has 4 heterocycles. The van der Waals surface area contributed by atoms with E-state index in [9.17, 15) is 4.79 Å². The summed E-state index contributed by atoms with van der Waals surface area (Å²) in [5.74, 6) is 1.04. The summed E-state index contributed by atoms with van der Waals surface area (Å²) >= 11 is 0. The number of amides is 2. The molecule has 3 aliphatic heterocycles. The fourth-order valence-corrected chi connectivity index (χ4v) is 5.91. The number of anilines is 1. The van der Waals surface area contributed by atoms with Crippen LogP contribution in [0.4, 0.5) is 10.6 Å². The van der Waals surface area contributed by atoms with Crippen LogP contribution in [0.25, 0.3) is 0 Å². The molecule has 2 unspecified atom stereocenters. The van der Waals surface area contributed by atoms with E-state index in [-0.39, 0.29) is 12.1 Å². The number of pyridine rings is 1. The van der Waals surface area contributed by atoms with Crippen LogP contribution in [0.1, 0.15) is 62.5 Å². The molecule has 2 amide bonds. The lowest BCUT2D eigenvalue weighted by atomic mass is 9.96. The van der Waals surface area contributed by atoms with Gasteiger partial charge in [0.1, 0.15) is 5.82 Å². The van der Waals surface area contributed by atoms with E-state index in [0.717, 1.165) is 43.9 Å². The van der Waals surface area contributed by atoms with E-state index in [4.69, 9.17) is 0 Å². The minimum atomic E-state index is -0.0518. The van der Waals surface area contributed by atoms with Gasteiger partial charge < -0.3 is 15.5 Å². The van der Waals surface area contributed by atoms with Crippen molar-refractivity contribution < 1.29 is 4.79 Å². The van der Waals surface area contributed by atoms with Crippen molar-refractivity contribution in [3.05, 3.63) is 59.8 Å². The smallest absolute Gasteiger partial charge is 0.315 e. The third kappa shape index (κ3) is 5.67. The van der Waals surface area contributed by atoms with Crippen LogP contribution in [-0.2, 0) is 13.1 Å². The Morgan fingerprint density at radius 3 is 2.39 bits per heavy atom. The summed E-state index contributed by atoms with van der Waals surface area (Å²) < 4.78 is 0. The minimum absolute atomic E-state index is 0.0518. The predicted octanol–water partition coefficient (Wildman–Crippen LogP) is 4.46. The topological polar surface area (TPSA) is 60.5 Å². The number of aromatic nitrogens is 1. The Labute approximate surface area is 197 Å². The number of nitrogens with zero attached hydrogens (tertiary/aromatic N) is 3. The summed E-state index contributed by atoms with van der Waals surface area (Å²) in [5, 5.41) is 6.34. The van der Waals surface area contributed by atoms with Gasteiger partial charge in [0.05, 0.1) is 0 Å². The summed E-state index contributed by atoms with van der Waals surface area (Å²) in [5.41, 5.74) is 2.49. The van der Waals surface area contributed by atoms with Crippen molar-refractivity contribution in [3.8, 4) is 0 Å². The average Bonchev–Trinajstić information content (AvgIpc) is 3.05. The van der Waals surface area contributed by atoms with Gasteiger partial charge in [-0.05, 0) is 61.8 Å². The van der Waals surface area contributed by atoms with Crippen molar-refractivity contribution in [1.29, 1.82) is 0 Å². The van der Waals surface area contributed by atoms with Crippen molar-refractivity contribution >= 4 is 11.8 Å². The number of hydrogen-bond donors (Lipinski definition) is 2. The van der Waals surface area contributed by atoms with E-state index < -0.39 is 0 Å². The predicted molar refractivity (Wildman–Crippen MR) is 132 cm³/mol. The Kier molecular flexibility index (Phi) is 7.10. The molecule has 6 heteroatoms. The number of urea groups is 1. The van der Waals surface area contributed by atoms with E-state index in [2.05, 4.69) is 61.8 Å². The minimum Gasteiger partial charge on any atom is -0.357 e. The first-order valence-electron chi connectivity index (χ1n) is 12.8. The molecule has 3 fully saturated rings. The molecule has 0 saturated carbocycles. The monoisotopic (exact) mass is 447 g/mol. The first-order chi connectivity index (χ1) is 16.2. The van der Waals surface area contributed by atoms with E-state index in [1.807, 2.05) is 12.3 Å². The highest BCUT2D eigenvalue weighted by Gasteiger charge is 2.40. The van der Waals surface area contributed by atoms with Crippen molar-refractivity contribution in [2.24, 2.45) is 0 Å². The van der Waals surface area contributed by atoms with Gasteiger partial charge in [-0.3, -0.25) is 4.90 Å². The number of carbonyl (C=O) groups excluding carboxylic acids is 1.